The summed E-state index contributed by atoms with van der Waals surface area (Å²) in [5.41, 5.74) is 3.70. The maximum absolute atomic E-state index is 13.2. The molecule has 0 saturated heterocycles. The maximum atomic E-state index is 13.2. The molecule has 1 aromatic heterocycles. The highest BCUT2D eigenvalue weighted by Gasteiger charge is 2.22. The normalized spacial score (nSPS) is 14.2. The Morgan fingerprint density at radius 2 is 1.88 bits per heavy atom. The van der Waals surface area contributed by atoms with Gasteiger partial charge in [0.1, 0.15) is 12.1 Å². The van der Waals surface area contributed by atoms with Gasteiger partial charge in [0, 0.05) is 42.4 Å². The van der Waals surface area contributed by atoms with Gasteiger partial charge in [0.15, 0.2) is 0 Å². The highest BCUT2D eigenvalue weighted by atomic mass is 19.1. The molecular weight excluding hydrogens is 307 g/mol. The predicted octanol–water partition coefficient (Wildman–Crippen LogP) is 2.80. The molecule has 2 heterocycles. The van der Waals surface area contributed by atoms with Gasteiger partial charge >= 0.3 is 6.03 Å². The number of nitrogens with zero attached hydrogens (tertiary/aromatic N) is 3. The molecule has 0 radical (unpaired) electrons. The molecule has 0 saturated carbocycles. The fourth-order valence-corrected chi connectivity index (χ4v) is 2.92. The Balaban J connectivity index is 1.85. The van der Waals surface area contributed by atoms with Gasteiger partial charge < -0.3 is 10.2 Å². The zero-order valence-electron chi connectivity index (χ0n) is 13.9. The fourth-order valence-electron chi connectivity index (χ4n) is 2.92. The minimum atomic E-state index is -0.268. The Labute approximate surface area is 140 Å². The van der Waals surface area contributed by atoms with Crippen molar-refractivity contribution in [2.45, 2.75) is 32.7 Å². The zero-order chi connectivity index (χ0) is 17.1. The first-order valence-electron chi connectivity index (χ1n) is 8.18. The molecule has 1 N–H and O–H groups in total. The SMILES string of the molecule is CC(C)NC(=O)N1CCc2ncnc(-c3ccc(F)cc3)c2CC1. The van der Waals surface area contributed by atoms with Crippen LogP contribution in [0.15, 0.2) is 30.6 Å². The van der Waals surface area contributed by atoms with Crippen LogP contribution in [0, 0.1) is 5.82 Å². The summed E-state index contributed by atoms with van der Waals surface area (Å²) < 4.78 is 13.2. The molecule has 2 amide bonds. The van der Waals surface area contributed by atoms with Gasteiger partial charge in [-0.1, -0.05) is 0 Å². The van der Waals surface area contributed by atoms with Gasteiger partial charge in [-0.2, -0.15) is 0 Å². The smallest absolute Gasteiger partial charge is 0.317 e. The summed E-state index contributed by atoms with van der Waals surface area (Å²) in [7, 11) is 0. The zero-order valence-corrected chi connectivity index (χ0v) is 13.9. The number of hydrogen-bond donors (Lipinski definition) is 1. The van der Waals surface area contributed by atoms with Gasteiger partial charge in [-0.15, -0.1) is 0 Å². The van der Waals surface area contributed by atoms with E-state index in [0.717, 1.165) is 22.5 Å². The Morgan fingerprint density at radius 3 is 2.58 bits per heavy atom. The van der Waals surface area contributed by atoms with Crippen LogP contribution in [0.4, 0.5) is 9.18 Å². The van der Waals surface area contributed by atoms with Crippen LogP contribution in [0.1, 0.15) is 25.1 Å². The van der Waals surface area contributed by atoms with Crippen LogP contribution in [0.25, 0.3) is 11.3 Å². The van der Waals surface area contributed by atoms with Crippen molar-refractivity contribution >= 4 is 6.03 Å². The number of benzene rings is 1. The third-order valence-electron chi connectivity index (χ3n) is 4.10. The van der Waals surface area contributed by atoms with E-state index < -0.39 is 0 Å². The summed E-state index contributed by atoms with van der Waals surface area (Å²) in [5.74, 6) is -0.268. The van der Waals surface area contributed by atoms with Gasteiger partial charge in [-0.25, -0.2) is 19.2 Å². The molecule has 0 bridgehead atoms. The first-order chi connectivity index (χ1) is 11.5. The van der Waals surface area contributed by atoms with E-state index in [1.807, 2.05) is 18.7 Å². The van der Waals surface area contributed by atoms with E-state index in [-0.39, 0.29) is 17.9 Å². The van der Waals surface area contributed by atoms with Gasteiger partial charge in [0.05, 0.1) is 5.69 Å². The molecule has 0 fully saturated rings. The van der Waals surface area contributed by atoms with Crippen molar-refractivity contribution in [2.75, 3.05) is 13.1 Å². The van der Waals surface area contributed by atoms with Crippen molar-refractivity contribution in [3.63, 3.8) is 0 Å². The summed E-state index contributed by atoms with van der Waals surface area (Å²) >= 11 is 0. The molecule has 24 heavy (non-hydrogen) atoms. The van der Waals surface area contributed by atoms with Gasteiger partial charge in [-0.3, -0.25) is 0 Å². The van der Waals surface area contributed by atoms with E-state index in [0.29, 0.717) is 25.9 Å². The first kappa shape index (κ1) is 16.4. The van der Waals surface area contributed by atoms with E-state index in [1.54, 1.807) is 18.5 Å². The lowest BCUT2D eigenvalue weighted by molar-refractivity contribution is 0.197. The fraction of sp³-hybridized carbons (Fsp3) is 0.389. The summed E-state index contributed by atoms with van der Waals surface area (Å²) in [4.78, 5) is 22.9. The minimum absolute atomic E-state index is 0.0471. The maximum Gasteiger partial charge on any atom is 0.317 e. The molecular formula is C18H21FN4O. The summed E-state index contributed by atoms with van der Waals surface area (Å²) in [6, 6.07) is 6.39. The van der Waals surface area contributed by atoms with Crippen molar-refractivity contribution in [1.82, 2.24) is 20.2 Å². The molecule has 0 aliphatic carbocycles. The molecule has 0 atom stereocenters. The number of urea groups is 1. The molecule has 2 aromatic rings. The molecule has 5 nitrogen and oxygen atoms in total. The van der Waals surface area contributed by atoms with Crippen molar-refractivity contribution in [2.24, 2.45) is 0 Å². The minimum Gasteiger partial charge on any atom is -0.336 e. The number of amides is 2. The van der Waals surface area contributed by atoms with Gasteiger partial charge in [-0.05, 0) is 44.5 Å². The molecule has 1 aliphatic heterocycles. The van der Waals surface area contributed by atoms with Crippen molar-refractivity contribution in [1.29, 1.82) is 0 Å². The third-order valence-corrected chi connectivity index (χ3v) is 4.10. The predicted molar refractivity (Wildman–Crippen MR) is 90.1 cm³/mol. The quantitative estimate of drug-likeness (QED) is 0.922. The Bertz CT molecular complexity index is 730. The van der Waals surface area contributed by atoms with E-state index >= 15 is 0 Å². The van der Waals surface area contributed by atoms with E-state index in [9.17, 15) is 9.18 Å². The largest absolute Gasteiger partial charge is 0.336 e. The summed E-state index contributed by atoms with van der Waals surface area (Å²) in [6.07, 6.45) is 2.92. The highest BCUT2D eigenvalue weighted by molar-refractivity contribution is 5.74. The lowest BCUT2D eigenvalue weighted by Gasteiger charge is -2.22. The van der Waals surface area contributed by atoms with E-state index in [4.69, 9.17) is 0 Å². The molecule has 1 aliphatic rings. The van der Waals surface area contributed by atoms with Gasteiger partial charge in [0.25, 0.3) is 0 Å². The van der Waals surface area contributed by atoms with Crippen molar-refractivity contribution in [3.8, 4) is 11.3 Å². The van der Waals surface area contributed by atoms with Crippen molar-refractivity contribution < 1.29 is 9.18 Å². The summed E-state index contributed by atoms with van der Waals surface area (Å²) in [6.45, 7) is 5.14. The molecule has 126 valence electrons. The number of halogens is 1. The number of carbonyl (C=O) groups is 1. The molecule has 0 spiro atoms. The number of carbonyl (C=O) groups excluding carboxylic acids is 1. The van der Waals surface area contributed by atoms with Crippen LogP contribution >= 0.6 is 0 Å². The van der Waals surface area contributed by atoms with Crippen LogP contribution in [0.3, 0.4) is 0 Å². The number of nitrogens with one attached hydrogen (secondary N) is 1. The van der Waals surface area contributed by atoms with Crippen LogP contribution in [-0.2, 0) is 12.8 Å². The second-order valence-electron chi connectivity index (χ2n) is 6.25. The lowest BCUT2D eigenvalue weighted by Crippen LogP contribution is -2.44. The van der Waals surface area contributed by atoms with Crippen LogP contribution in [0.2, 0.25) is 0 Å². The van der Waals surface area contributed by atoms with E-state index in [2.05, 4.69) is 15.3 Å². The average Bonchev–Trinajstić information content (AvgIpc) is 2.77. The van der Waals surface area contributed by atoms with Crippen LogP contribution < -0.4 is 5.32 Å². The average molecular weight is 328 g/mol. The standard InChI is InChI=1S/C18H21FN4O/c1-12(2)22-18(24)23-9-7-15-16(8-10-23)20-11-21-17(15)13-3-5-14(19)6-4-13/h3-6,11-12H,7-10H2,1-2H3,(H,22,24). The lowest BCUT2D eigenvalue weighted by atomic mass is 10.0. The topological polar surface area (TPSA) is 58.1 Å². The Hall–Kier alpha value is -2.50. The third kappa shape index (κ3) is 3.53. The Morgan fingerprint density at radius 1 is 1.17 bits per heavy atom. The van der Waals surface area contributed by atoms with Crippen LogP contribution in [0.5, 0.6) is 0 Å². The van der Waals surface area contributed by atoms with E-state index in [1.165, 1.54) is 12.1 Å². The molecule has 6 heteroatoms. The Kier molecular flexibility index (Phi) is 4.74. The monoisotopic (exact) mass is 328 g/mol. The highest BCUT2D eigenvalue weighted by Crippen LogP contribution is 2.26. The number of aromatic nitrogens is 2. The van der Waals surface area contributed by atoms with Crippen LogP contribution in [-0.4, -0.2) is 40.0 Å². The molecule has 3 rings (SSSR count). The molecule has 1 aromatic carbocycles. The van der Waals surface area contributed by atoms with Gasteiger partial charge in [0.2, 0.25) is 0 Å². The summed E-state index contributed by atoms with van der Waals surface area (Å²) in [5, 5.41) is 2.93. The molecule has 0 unspecified atom stereocenters. The number of rotatable bonds is 2. The first-order valence-corrected chi connectivity index (χ1v) is 8.18. The van der Waals surface area contributed by atoms with Crippen molar-refractivity contribution in [3.05, 3.63) is 47.7 Å². The number of fused-ring (bicyclic) bond motifs is 1. The second-order valence-corrected chi connectivity index (χ2v) is 6.25. The second kappa shape index (κ2) is 6.95. The number of hydrogen-bond acceptors (Lipinski definition) is 3.